The molecule has 4 rings (SSSR count). The summed E-state index contributed by atoms with van der Waals surface area (Å²) in [4.78, 5) is 33.7. The van der Waals surface area contributed by atoms with Crippen molar-refractivity contribution in [2.24, 2.45) is 14.1 Å². The number of carbonyl (C=O) groups is 1. The predicted octanol–water partition coefficient (Wildman–Crippen LogP) is 5.44. The van der Waals surface area contributed by atoms with Gasteiger partial charge in [-0.2, -0.15) is 0 Å². The van der Waals surface area contributed by atoms with Crippen LogP contribution in [0.4, 0.5) is 0 Å². The summed E-state index contributed by atoms with van der Waals surface area (Å²) in [6.07, 6.45) is 4.02. The number of carbonyl (C=O) groups excluding carboxylic acids is 1. The van der Waals surface area contributed by atoms with E-state index in [0.29, 0.717) is 6.42 Å². The molecule has 0 bridgehead atoms. The average molecular weight is 461 g/mol. The normalized spacial score (nSPS) is 10.0. The number of hydrogen-bond acceptors (Lipinski definition) is 3. The van der Waals surface area contributed by atoms with Crippen LogP contribution in [-0.2, 0) is 31.7 Å². The van der Waals surface area contributed by atoms with Crippen LogP contribution in [0.25, 0.3) is 21.8 Å². The van der Waals surface area contributed by atoms with E-state index in [0.717, 1.165) is 45.6 Å². The molecule has 2 heterocycles. The summed E-state index contributed by atoms with van der Waals surface area (Å²) in [6, 6.07) is 14.8. The van der Waals surface area contributed by atoms with Crippen LogP contribution in [0.1, 0.15) is 37.1 Å². The third kappa shape index (κ3) is 5.42. The molecule has 0 aliphatic carbocycles. The van der Waals surface area contributed by atoms with E-state index in [2.05, 4.69) is 19.6 Å². The van der Waals surface area contributed by atoms with Crippen LogP contribution in [0.3, 0.4) is 0 Å². The Balaban J connectivity index is 0.000000321. The monoisotopic (exact) mass is 460 g/mol. The Hall–Kier alpha value is -3.73. The maximum absolute atomic E-state index is 11.5. The van der Waals surface area contributed by atoms with Gasteiger partial charge in [-0.05, 0) is 66.8 Å². The van der Waals surface area contributed by atoms with E-state index in [1.54, 1.807) is 35.4 Å². The molecule has 4 aromatic rings. The quantitative estimate of drug-likeness (QED) is 0.301. The van der Waals surface area contributed by atoms with Crippen molar-refractivity contribution in [1.82, 2.24) is 9.13 Å². The zero-order valence-corrected chi connectivity index (χ0v) is 19.0. The van der Waals surface area contributed by atoms with E-state index in [-0.39, 0.29) is 26.0 Å². The van der Waals surface area contributed by atoms with Crippen molar-refractivity contribution in [2.75, 3.05) is 0 Å². The van der Waals surface area contributed by atoms with Crippen molar-refractivity contribution >= 4 is 28.1 Å². The van der Waals surface area contributed by atoms with Crippen molar-refractivity contribution in [3.05, 3.63) is 104 Å². The van der Waals surface area contributed by atoms with Gasteiger partial charge in [0.05, 0.1) is 11.0 Å². The Labute approximate surface area is 202 Å². The molecule has 0 saturated carbocycles. The molecule has 34 heavy (non-hydrogen) atoms. The first-order chi connectivity index (χ1) is 15.3. The summed E-state index contributed by atoms with van der Waals surface area (Å²) >= 11 is 0. The van der Waals surface area contributed by atoms with Gasteiger partial charge in [0.25, 0.3) is 11.1 Å². The second kappa shape index (κ2) is 11.9. The van der Waals surface area contributed by atoms with Crippen molar-refractivity contribution in [3.63, 3.8) is 0 Å². The molecular weight excluding hydrogens is 424 g/mol. The van der Waals surface area contributed by atoms with E-state index in [1.807, 2.05) is 37.3 Å². The van der Waals surface area contributed by atoms with Crippen molar-refractivity contribution in [2.45, 2.75) is 41.5 Å². The Morgan fingerprint density at radius 3 is 1.50 bits per heavy atom. The fraction of sp³-hybridized carbons (Fsp3) is 0.276. The maximum atomic E-state index is 11.5. The lowest BCUT2D eigenvalue weighted by molar-refractivity contribution is -0.107. The van der Waals surface area contributed by atoms with Gasteiger partial charge in [-0.1, -0.05) is 33.1 Å². The van der Waals surface area contributed by atoms with Crippen LogP contribution in [0.15, 0.2) is 70.8 Å². The molecule has 0 aliphatic rings. The van der Waals surface area contributed by atoms with Gasteiger partial charge in [-0.15, -0.1) is 6.58 Å². The summed E-state index contributed by atoms with van der Waals surface area (Å²) in [5.74, 6) is 0. The minimum atomic E-state index is -0.0339. The second-order valence-corrected chi connectivity index (χ2v) is 7.91. The van der Waals surface area contributed by atoms with Gasteiger partial charge in [0.2, 0.25) is 0 Å². The zero-order valence-electron chi connectivity index (χ0n) is 19.0. The maximum Gasteiger partial charge on any atom is 0.250 e. The molecule has 180 valence electrons. The topological polar surface area (TPSA) is 61.1 Å². The first kappa shape index (κ1) is 28.3. The number of allylic oxidation sites excluding steroid dienone is 1. The number of nitrogens with zero attached hydrogens (tertiary/aromatic N) is 2. The molecule has 0 aliphatic heterocycles. The third-order valence-electron chi connectivity index (χ3n) is 5.94. The summed E-state index contributed by atoms with van der Waals surface area (Å²) in [5, 5.41) is 2.12. The highest BCUT2D eigenvalue weighted by molar-refractivity contribution is 5.86. The van der Waals surface area contributed by atoms with Crippen LogP contribution >= 0.6 is 0 Å². The molecule has 0 saturated heterocycles. The number of benzene rings is 2. The highest BCUT2D eigenvalue weighted by Crippen LogP contribution is 2.22. The van der Waals surface area contributed by atoms with Crippen LogP contribution in [-0.4, -0.2) is 15.4 Å². The van der Waals surface area contributed by atoms with Crippen LogP contribution in [0.2, 0.25) is 0 Å². The minimum Gasteiger partial charge on any atom is -0.311 e. The highest BCUT2D eigenvalue weighted by Gasteiger charge is 2.07. The summed E-state index contributed by atoms with van der Waals surface area (Å²) in [7, 11) is 3.54. The van der Waals surface area contributed by atoms with E-state index in [4.69, 9.17) is 0 Å². The van der Waals surface area contributed by atoms with Gasteiger partial charge in [0, 0.05) is 43.4 Å². The Bertz CT molecular complexity index is 1330. The second-order valence-electron chi connectivity index (χ2n) is 7.91. The summed E-state index contributed by atoms with van der Waals surface area (Å²) in [6.45, 7) is 7.84. The molecule has 2 aromatic heterocycles. The fourth-order valence-electron chi connectivity index (χ4n) is 4.02. The lowest BCUT2D eigenvalue weighted by Gasteiger charge is -2.10. The molecule has 2 aromatic carbocycles. The molecule has 0 radical (unpaired) electrons. The number of aromatic nitrogens is 2. The number of aryl methyl sites for hydroxylation is 4. The number of rotatable bonds is 4. The number of aldehydes is 1. The van der Waals surface area contributed by atoms with Crippen molar-refractivity contribution < 1.29 is 4.79 Å². The first-order valence-corrected chi connectivity index (χ1v) is 10.5. The predicted molar refractivity (Wildman–Crippen MR) is 145 cm³/mol. The van der Waals surface area contributed by atoms with Crippen LogP contribution < -0.4 is 11.1 Å². The van der Waals surface area contributed by atoms with Crippen molar-refractivity contribution in [3.8, 4) is 0 Å². The van der Waals surface area contributed by atoms with Gasteiger partial charge in [-0.25, -0.2) is 0 Å². The van der Waals surface area contributed by atoms with Gasteiger partial charge >= 0.3 is 0 Å². The van der Waals surface area contributed by atoms with Gasteiger partial charge in [0.15, 0.2) is 0 Å². The molecule has 5 nitrogen and oxygen atoms in total. The van der Waals surface area contributed by atoms with E-state index < -0.39 is 0 Å². The number of hydrogen-bond donors (Lipinski definition) is 0. The SMILES string of the molecule is C.C.C=CCc1c(C)ccc2c1ccc(=O)n2C.Cc1ccc2c(ccc(=O)n2C)c1CC=O. The van der Waals surface area contributed by atoms with Gasteiger partial charge < -0.3 is 13.9 Å². The summed E-state index contributed by atoms with van der Waals surface area (Å²) in [5.41, 5.74) is 6.43. The van der Waals surface area contributed by atoms with E-state index in [9.17, 15) is 14.4 Å². The molecule has 0 fully saturated rings. The summed E-state index contributed by atoms with van der Waals surface area (Å²) < 4.78 is 3.28. The lowest BCUT2D eigenvalue weighted by Crippen LogP contribution is -2.15. The van der Waals surface area contributed by atoms with Crippen LogP contribution in [0, 0.1) is 13.8 Å². The highest BCUT2D eigenvalue weighted by atomic mass is 16.1. The van der Waals surface area contributed by atoms with Gasteiger partial charge in [0.1, 0.15) is 6.29 Å². The minimum absolute atomic E-state index is 0. The fourth-order valence-corrected chi connectivity index (χ4v) is 4.02. The Kier molecular flexibility index (Phi) is 9.94. The van der Waals surface area contributed by atoms with E-state index >= 15 is 0 Å². The standard InChI is InChI=1S/C14H15NO.C13H13NO2.2CH4/c1-4-5-11-10(2)6-8-13-12(11)7-9-14(16)15(13)3;1-9-3-5-12-11(10(9)7-8-15)4-6-13(16)14(12)2;;/h4,6-9H,1,5H2,2-3H3;3-6,8H,7H2,1-2H3;2*1H4. The van der Waals surface area contributed by atoms with Crippen molar-refractivity contribution in [1.29, 1.82) is 0 Å². The molecule has 0 spiro atoms. The lowest BCUT2D eigenvalue weighted by atomic mass is 10.00. The Morgan fingerprint density at radius 1 is 0.706 bits per heavy atom. The molecule has 0 amide bonds. The van der Waals surface area contributed by atoms with E-state index in [1.165, 1.54) is 17.2 Å². The number of fused-ring (bicyclic) bond motifs is 2. The molecular formula is C29H36N2O3. The molecule has 0 unspecified atom stereocenters. The smallest absolute Gasteiger partial charge is 0.250 e. The zero-order chi connectivity index (χ0) is 23.4. The molecule has 5 heteroatoms. The molecule has 0 N–H and O–H groups in total. The van der Waals surface area contributed by atoms with Crippen LogP contribution in [0.5, 0.6) is 0 Å². The Morgan fingerprint density at radius 2 is 1.12 bits per heavy atom. The van der Waals surface area contributed by atoms with Gasteiger partial charge in [-0.3, -0.25) is 9.59 Å². The average Bonchev–Trinajstić information content (AvgIpc) is 2.78. The first-order valence-electron chi connectivity index (χ1n) is 10.5. The largest absolute Gasteiger partial charge is 0.311 e. The molecule has 0 atom stereocenters. The third-order valence-corrected chi connectivity index (χ3v) is 5.94. The number of pyridine rings is 2.